The van der Waals surface area contributed by atoms with Gasteiger partial charge in [0, 0.05) is 4.01 Å². The first-order valence-corrected chi connectivity index (χ1v) is 10.5. The van der Waals surface area contributed by atoms with Crippen molar-refractivity contribution in [2.75, 3.05) is 0 Å². The zero-order valence-electron chi connectivity index (χ0n) is 3.44. The van der Waals surface area contributed by atoms with Crippen molar-refractivity contribution in [2.24, 2.45) is 0 Å². The molecule has 0 spiro atoms. The summed E-state index contributed by atoms with van der Waals surface area (Å²) < 4.78 is 4.10. The van der Waals surface area contributed by atoms with Gasteiger partial charge in [-0.15, -0.1) is 0 Å². The van der Waals surface area contributed by atoms with E-state index >= 15 is 0 Å². The van der Waals surface area contributed by atoms with Crippen LogP contribution in [0.4, 0.5) is 0 Å². The zero-order valence-corrected chi connectivity index (χ0v) is 7.75. The molecular formula is C4H4I2O. The first-order valence-electron chi connectivity index (χ1n) is 1.71. The lowest BCUT2D eigenvalue weighted by Crippen LogP contribution is -1.78. The molecule has 1 rings (SSSR count). The van der Waals surface area contributed by atoms with Crippen LogP contribution in [0.25, 0.3) is 0 Å². The van der Waals surface area contributed by atoms with Gasteiger partial charge in [-0.3, -0.25) is 0 Å². The summed E-state index contributed by atoms with van der Waals surface area (Å²) in [6, 6.07) is 0. The molecule has 0 aromatic carbocycles. The molecule has 1 N–H and O–H groups in total. The minimum atomic E-state index is 0.286. The van der Waals surface area contributed by atoms with Crippen molar-refractivity contribution in [1.29, 1.82) is 0 Å². The van der Waals surface area contributed by atoms with Crippen LogP contribution in [0, 0.1) is 0 Å². The maximum atomic E-state index is 8.73. The Balaban J connectivity index is 2.82. The van der Waals surface area contributed by atoms with E-state index in [4.69, 9.17) is 5.11 Å². The largest absolute Gasteiger partial charge is 0.507 e. The van der Waals surface area contributed by atoms with Gasteiger partial charge in [-0.1, -0.05) is 16.8 Å². The molecule has 0 aromatic heterocycles. The summed E-state index contributed by atoms with van der Waals surface area (Å²) in [5.74, 6) is 0.485. The molecule has 0 atom stereocenters. The quantitative estimate of drug-likeness (QED) is 0.676. The highest BCUT2D eigenvalue weighted by atomic mass is 128. The lowest BCUT2D eigenvalue weighted by molar-refractivity contribution is 0.449. The van der Waals surface area contributed by atoms with Crippen LogP contribution >= 0.6 is 33.5 Å². The summed E-state index contributed by atoms with van der Waals surface area (Å²) in [5, 5.41) is 8.73. The van der Waals surface area contributed by atoms with Crippen LogP contribution in [0.5, 0.6) is 0 Å². The Hall–Kier alpha value is 0.740. The standard InChI is InChI=1S/C4H4I2O/c7-4-1-2-5-6-3-4/h1-3,7H. The Morgan fingerprint density at radius 2 is 2.29 bits per heavy atom. The molecule has 0 amide bonds. The smallest absolute Gasteiger partial charge is 0.122 e. The van der Waals surface area contributed by atoms with E-state index in [2.05, 4.69) is 4.01 Å². The van der Waals surface area contributed by atoms with Crippen molar-refractivity contribution in [3.8, 4) is 0 Å². The maximum absolute atomic E-state index is 8.73. The highest BCUT2D eigenvalue weighted by Crippen LogP contribution is 2.20. The van der Waals surface area contributed by atoms with E-state index in [1.807, 2.05) is 4.01 Å². The molecule has 0 aliphatic carbocycles. The van der Waals surface area contributed by atoms with Crippen LogP contribution in [0.15, 0.2) is 11.8 Å². The Kier molecular flexibility index (Phi) is 2.44. The summed E-state index contributed by atoms with van der Waals surface area (Å²) in [5.41, 5.74) is 0. The fraction of sp³-hybridized carbons (Fsp3) is 0. The SMILES string of the molecule is OC1=CC=II=C1. The van der Waals surface area contributed by atoms with Crippen LogP contribution < -0.4 is 0 Å². The van der Waals surface area contributed by atoms with Crippen LogP contribution in [0.1, 0.15) is 0 Å². The van der Waals surface area contributed by atoms with Crippen molar-refractivity contribution >= 4 is 41.5 Å². The number of aliphatic hydroxyl groups is 1. The van der Waals surface area contributed by atoms with Crippen molar-refractivity contribution < 1.29 is 5.11 Å². The van der Waals surface area contributed by atoms with Gasteiger partial charge >= 0.3 is 0 Å². The van der Waals surface area contributed by atoms with E-state index in [-0.39, 0.29) is 16.8 Å². The van der Waals surface area contributed by atoms with Gasteiger partial charge in [-0.2, -0.15) is 0 Å². The first-order chi connectivity index (χ1) is 3.39. The normalized spacial score (nSPS) is 19.1. The third-order valence-corrected chi connectivity index (χ3v) is 7.48. The highest BCUT2D eigenvalue weighted by molar-refractivity contribution is 15.1. The summed E-state index contributed by atoms with van der Waals surface area (Å²) in [6.07, 6.45) is 1.80. The molecular weight excluding hydrogens is 318 g/mol. The molecule has 1 heterocycles. The van der Waals surface area contributed by atoms with E-state index in [9.17, 15) is 0 Å². The van der Waals surface area contributed by atoms with Crippen molar-refractivity contribution in [3.63, 3.8) is 0 Å². The van der Waals surface area contributed by atoms with E-state index in [1.54, 1.807) is 6.08 Å². The van der Waals surface area contributed by atoms with Gasteiger partial charge < -0.3 is 5.11 Å². The van der Waals surface area contributed by atoms with Crippen LogP contribution in [-0.4, -0.2) is 13.1 Å². The van der Waals surface area contributed by atoms with Crippen LogP contribution in [-0.2, 0) is 0 Å². The molecule has 0 bridgehead atoms. The van der Waals surface area contributed by atoms with E-state index in [0.29, 0.717) is 22.5 Å². The van der Waals surface area contributed by atoms with Gasteiger partial charge in [0.15, 0.2) is 0 Å². The number of hydrogen-bond acceptors (Lipinski definition) is 1. The minimum Gasteiger partial charge on any atom is -0.507 e. The Labute approximate surface area is 58.0 Å². The molecule has 0 unspecified atom stereocenters. The van der Waals surface area contributed by atoms with Crippen LogP contribution in [0.2, 0.25) is 0 Å². The van der Waals surface area contributed by atoms with E-state index < -0.39 is 0 Å². The number of allylic oxidation sites excluding steroid dienone is 2. The molecule has 1 nitrogen and oxygen atoms in total. The Bertz CT molecular complexity index is 146. The van der Waals surface area contributed by atoms with Gasteiger partial charge in [-0.25, -0.2) is 0 Å². The monoisotopic (exact) mass is 322 g/mol. The van der Waals surface area contributed by atoms with Gasteiger partial charge in [0.25, 0.3) is 0 Å². The van der Waals surface area contributed by atoms with E-state index in [1.165, 1.54) is 0 Å². The fourth-order valence-corrected chi connectivity index (χ4v) is 5.96. The molecule has 7 heavy (non-hydrogen) atoms. The molecule has 0 radical (unpaired) electrons. The summed E-state index contributed by atoms with van der Waals surface area (Å²) in [7, 11) is 0. The average Bonchev–Trinajstić information content (AvgIpc) is 1.69. The molecule has 0 saturated carbocycles. The molecule has 40 valence electrons. The lowest BCUT2D eigenvalue weighted by atomic mass is 10.5. The summed E-state index contributed by atoms with van der Waals surface area (Å²) in [6.45, 7) is 0. The second kappa shape index (κ2) is 2.91. The summed E-state index contributed by atoms with van der Waals surface area (Å²) >= 11 is 0.666. The number of aliphatic hydroxyl groups excluding tert-OH is 1. The Morgan fingerprint density at radius 1 is 1.43 bits per heavy atom. The number of hydrogen-bond donors (Lipinski definition) is 1. The topological polar surface area (TPSA) is 20.2 Å². The minimum absolute atomic E-state index is 0.286. The van der Waals surface area contributed by atoms with Gasteiger partial charge in [-0.05, 0) is 26.8 Å². The van der Waals surface area contributed by atoms with E-state index in [0.717, 1.165) is 0 Å². The fourth-order valence-electron chi connectivity index (χ4n) is 0.218. The van der Waals surface area contributed by atoms with Gasteiger partial charge in [0.2, 0.25) is 0 Å². The van der Waals surface area contributed by atoms with Crippen molar-refractivity contribution in [2.45, 2.75) is 0 Å². The zero-order chi connectivity index (χ0) is 5.11. The average molecular weight is 322 g/mol. The molecule has 1 aliphatic heterocycles. The predicted molar refractivity (Wildman–Crippen MR) is 50.9 cm³/mol. The number of halogens is 2. The molecule has 0 saturated heterocycles. The highest BCUT2D eigenvalue weighted by Gasteiger charge is 1.83. The molecule has 0 fully saturated rings. The Morgan fingerprint density at radius 3 is 2.57 bits per heavy atom. The molecule has 0 aromatic rings. The third-order valence-electron chi connectivity index (χ3n) is 0.482. The first kappa shape index (κ1) is 5.87. The third kappa shape index (κ3) is 1.98. The predicted octanol–water partition coefficient (Wildman–Crippen LogP) is 1.90. The lowest BCUT2D eigenvalue weighted by Gasteiger charge is -1.87. The second-order valence-electron chi connectivity index (χ2n) is 0.992. The summed E-state index contributed by atoms with van der Waals surface area (Å²) in [4.78, 5) is 0. The van der Waals surface area contributed by atoms with Gasteiger partial charge in [0.1, 0.15) is 5.76 Å². The van der Waals surface area contributed by atoms with Crippen molar-refractivity contribution in [1.82, 2.24) is 0 Å². The second-order valence-corrected chi connectivity index (χ2v) is 9.59. The van der Waals surface area contributed by atoms with Crippen molar-refractivity contribution in [3.05, 3.63) is 11.8 Å². The molecule has 1 aliphatic rings. The molecule has 3 heteroatoms. The van der Waals surface area contributed by atoms with Gasteiger partial charge in [0.05, 0.1) is 0 Å². The van der Waals surface area contributed by atoms with Crippen LogP contribution in [0.3, 0.4) is 0 Å². The number of rotatable bonds is 0. The maximum Gasteiger partial charge on any atom is 0.122 e.